The Labute approximate surface area is 172 Å². The van der Waals surface area contributed by atoms with Crippen LogP contribution in [0.3, 0.4) is 0 Å². The highest BCUT2D eigenvalue weighted by molar-refractivity contribution is 7.22. The summed E-state index contributed by atoms with van der Waals surface area (Å²) in [6.07, 6.45) is 2.42. The van der Waals surface area contributed by atoms with Crippen LogP contribution in [0.25, 0.3) is 10.2 Å². The molecule has 1 fully saturated rings. The summed E-state index contributed by atoms with van der Waals surface area (Å²) in [4.78, 5) is 21.8. The van der Waals surface area contributed by atoms with E-state index >= 15 is 0 Å². The number of aromatic nitrogens is 3. The molecule has 2 aromatic heterocycles. The van der Waals surface area contributed by atoms with E-state index in [1.165, 1.54) is 17.4 Å². The number of ether oxygens (including phenoxy) is 1. The number of thiazole rings is 1. The van der Waals surface area contributed by atoms with Gasteiger partial charge in [0.2, 0.25) is 0 Å². The van der Waals surface area contributed by atoms with E-state index < -0.39 is 0 Å². The second-order valence-corrected chi connectivity index (χ2v) is 7.89. The van der Waals surface area contributed by atoms with E-state index in [2.05, 4.69) is 15.0 Å². The van der Waals surface area contributed by atoms with Crippen molar-refractivity contribution in [3.63, 3.8) is 0 Å². The molecule has 1 aliphatic heterocycles. The molecule has 3 aromatic rings. The van der Waals surface area contributed by atoms with Gasteiger partial charge >= 0.3 is 0 Å². The zero-order valence-corrected chi connectivity index (χ0v) is 17.2. The lowest BCUT2D eigenvalue weighted by Gasteiger charge is -2.27. The highest BCUT2D eigenvalue weighted by Gasteiger charge is 2.24. The minimum atomic E-state index is -0.371. The van der Waals surface area contributed by atoms with Gasteiger partial charge < -0.3 is 4.74 Å². The van der Waals surface area contributed by atoms with Crippen molar-refractivity contribution in [1.29, 1.82) is 0 Å². The lowest BCUT2D eigenvalue weighted by atomic mass is 10.3. The average molecular weight is 418 g/mol. The largest absolute Gasteiger partial charge is 0.379 e. The molecule has 0 unspecified atom stereocenters. The second-order valence-electron chi connectivity index (χ2n) is 6.88. The molecule has 1 saturated heterocycles. The highest BCUT2D eigenvalue weighted by atomic mass is 32.1. The summed E-state index contributed by atoms with van der Waals surface area (Å²) in [5.41, 5.74) is 0.820. The normalized spacial score (nSPS) is 15.1. The summed E-state index contributed by atoms with van der Waals surface area (Å²) >= 11 is 1.34. The van der Waals surface area contributed by atoms with Crippen molar-refractivity contribution in [3.05, 3.63) is 42.0 Å². The number of carbonyl (C=O) groups excluding carboxylic acids is 1. The lowest BCUT2D eigenvalue weighted by Crippen LogP contribution is -2.39. The minimum absolute atomic E-state index is 0.161. The summed E-state index contributed by atoms with van der Waals surface area (Å²) in [5.74, 6) is -0.532. The first-order chi connectivity index (χ1) is 14.2. The maximum atomic E-state index is 14.2. The van der Waals surface area contributed by atoms with Crippen molar-refractivity contribution < 1.29 is 13.9 Å². The Hall–Kier alpha value is -2.36. The van der Waals surface area contributed by atoms with Gasteiger partial charge in [-0.1, -0.05) is 17.4 Å². The minimum Gasteiger partial charge on any atom is -0.379 e. The topological polar surface area (TPSA) is 63.5 Å². The summed E-state index contributed by atoms with van der Waals surface area (Å²) in [6, 6.07) is 6.60. The van der Waals surface area contributed by atoms with Gasteiger partial charge in [0, 0.05) is 38.9 Å². The Kier molecular flexibility index (Phi) is 6.17. The van der Waals surface area contributed by atoms with Crippen LogP contribution in [0.15, 0.2) is 30.5 Å². The number of anilines is 1. The molecule has 1 aromatic carbocycles. The molecule has 1 aliphatic rings. The van der Waals surface area contributed by atoms with Crippen molar-refractivity contribution in [2.24, 2.45) is 0 Å². The van der Waals surface area contributed by atoms with Crippen LogP contribution in [0.4, 0.5) is 9.52 Å². The van der Waals surface area contributed by atoms with Crippen molar-refractivity contribution in [1.82, 2.24) is 19.7 Å². The molecule has 0 atom stereocenters. The molecule has 3 heterocycles. The van der Waals surface area contributed by atoms with Gasteiger partial charge in [0.05, 0.1) is 17.9 Å². The first kappa shape index (κ1) is 19.9. The fourth-order valence-corrected chi connectivity index (χ4v) is 4.49. The molecule has 1 amide bonds. The van der Waals surface area contributed by atoms with Gasteiger partial charge in [-0.2, -0.15) is 5.10 Å². The number of para-hydroxylation sites is 1. The lowest BCUT2D eigenvalue weighted by molar-refractivity contribution is 0.0376. The average Bonchev–Trinajstić information content (AvgIpc) is 3.39. The monoisotopic (exact) mass is 417 g/mol. The van der Waals surface area contributed by atoms with E-state index in [0.717, 1.165) is 44.0 Å². The number of aryl methyl sites for hydroxylation is 1. The number of rotatable bonds is 7. The second kappa shape index (κ2) is 8.98. The van der Waals surface area contributed by atoms with Crippen LogP contribution in [0.5, 0.6) is 0 Å². The highest BCUT2D eigenvalue weighted by Crippen LogP contribution is 2.31. The number of hydrogen-bond acceptors (Lipinski definition) is 6. The number of morpholine rings is 1. The Balaban J connectivity index is 1.58. The van der Waals surface area contributed by atoms with Crippen LogP contribution < -0.4 is 4.90 Å². The van der Waals surface area contributed by atoms with Crippen LogP contribution in [-0.2, 0) is 11.3 Å². The summed E-state index contributed by atoms with van der Waals surface area (Å²) in [7, 11) is 0. The first-order valence-electron chi connectivity index (χ1n) is 9.86. The third kappa shape index (κ3) is 4.31. The summed E-state index contributed by atoms with van der Waals surface area (Å²) in [5, 5.41) is 4.73. The number of fused-ring (bicyclic) bond motifs is 1. The molecule has 7 nitrogen and oxygen atoms in total. The third-order valence-electron chi connectivity index (χ3n) is 5.03. The van der Waals surface area contributed by atoms with Gasteiger partial charge in [-0.3, -0.25) is 19.3 Å². The number of hydrogen-bond donors (Lipinski definition) is 0. The Bertz CT molecular complexity index is 982. The molecule has 0 bridgehead atoms. The number of nitrogens with zero attached hydrogens (tertiary/aromatic N) is 5. The molecule has 0 radical (unpaired) electrons. The van der Waals surface area contributed by atoms with Crippen LogP contribution in [0.2, 0.25) is 0 Å². The molecular weight excluding hydrogens is 393 g/mol. The first-order valence-corrected chi connectivity index (χ1v) is 10.7. The Morgan fingerprint density at radius 1 is 1.31 bits per heavy atom. The zero-order chi connectivity index (χ0) is 20.2. The van der Waals surface area contributed by atoms with E-state index in [1.807, 2.05) is 13.0 Å². The standard InChI is InChI=1S/C20H24FN5O2S/c1-2-26-16(7-8-22-26)19(27)25(10-4-9-24-11-13-28-14-12-24)20-23-18-15(21)5-3-6-17(18)29-20/h3,5-8H,2,4,9-14H2,1H3. The van der Waals surface area contributed by atoms with Gasteiger partial charge in [-0.05, 0) is 31.5 Å². The molecule has 9 heteroatoms. The predicted octanol–water partition coefficient (Wildman–Crippen LogP) is 3.02. The molecular formula is C20H24FN5O2S. The van der Waals surface area contributed by atoms with Crippen LogP contribution in [0.1, 0.15) is 23.8 Å². The molecule has 154 valence electrons. The van der Waals surface area contributed by atoms with Gasteiger partial charge in [-0.25, -0.2) is 9.37 Å². The van der Waals surface area contributed by atoms with Gasteiger partial charge in [0.25, 0.3) is 5.91 Å². The van der Waals surface area contributed by atoms with Gasteiger partial charge in [-0.15, -0.1) is 0 Å². The SMILES string of the molecule is CCn1nccc1C(=O)N(CCCN1CCOCC1)c1nc2c(F)cccc2s1. The van der Waals surface area contributed by atoms with Crippen molar-refractivity contribution in [2.75, 3.05) is 44.3 Å². The van der Waals surface area contributed by atoms with Gasteiger partial charge in [0.15, 0.2) is 5.13 Å². The van der Waals surface area contributed by atoms with E-state index in [-0.39, 0.29) is 11.7 Å². The van der Waals surface area contributed by atoms with Crippen LogP contribution >= 0.6 is 11.3 Å². The zero-order valence-electron chi connectivity index (χ0n) is 16.4. The molecule has 29 heavy (non-hydrogen) atoms. The number of carbonyl (C=O) groups is 1. The number of halogens is 1. The maximum Gasteiger partial charge on any atom is 0.278 e. The van der Waals surface area contributed by atoms with E-state index in [0.29, 0.717) is 29.4 Å². The molecule has 0 saturated carbocycles. The van der Waals surface area contributed by atoms with E-state index in [1.54, 1.807) is 27.9 Å². The van der Waals surface area contributed by atoms with Crippen LogP contribution in [-0.4, -0.2) is 65.0 Å². The van der Waals surface area contributed by atoms with Gasteiger partial charge in [0.1, 0.15) is 17.0 Å². The Morgan fingerprint density at radius 2 is 2.14 bits per heavy atom. The fourth-order valence-electron chi connectivity index (χ4n) is 3.48. The summed E-state index contributed by atoms with van der Waals surface area (Å²) < 4.78 is 22.0. The van der Waals surface area contributed by atoms with Crippen molar-refractivity contribution in [3.8, 4) is 0 Å². The van der Waals surface area contributed by atoms with Crippen molar-refractivity contribution in [2.45, 2.75) is 19.9 Å². The quantitative estimate of drug-likeness (QED) is 0.591. The van der Waals surface area contributed by atoms with Crippen molar-refractivity contribution >= 4 is 32.6 Å². The molecule has 0 aliphatic carbocycles. The molecule has 4 rings (SSSR count). The smallest absolute Gasteiger partial charge is 0.278 e. The molecule has 0 spiro atoms. The fraction of sp³-hybridized carbons (Fsp3) is 0.450. The van der Waals surface area contributed by atoms with Crippen LogP contribution in [0, 0.1) is 5.82 Å². The predicted molar refractivity (Wildman–Crippen MR) is 111 cm³/mol. The Morgan fingerprint density at radius 3 is 2.90 bits per heavy atom. The number of benzene rings is 1. The summed E-state index contributed by atoms with van der Waals surface area (Å²) in [6.45, 7) is 7.23. The molecule has 0 N–H and O–H groups in total. The number of amides is 1. The maximum absolute atomic E-state index is 14.2. The van der Waals surface area contributed by atoms with E-state index in [9.17, 15) is 9.18 Å². The third-order valence-corrected chi connectivity index (χ3v) is 6.07. The van der Waals surface area contributed by atoms with E-state index in [4.69, 9.17) is 4.74 Å².